The third kappa shape index (κ3) is 6.85. The van der Waals surface area contributed by atoms with Crippen molar-refractivity contribution in [1.29, 1.82) is 0 Å². The molecule has 0 bridgehead atoms. The molecule has 0 spiro atoms. The number of hydrogen-bond donors (Lipinski definition) is 2. The van der Waals surface area contributed by atoms with E-state index >= 15 is 0 Å². The average molecular weight is 336 g/mol. The molecule has 1 atom stereocenters. The summed E-state index contributed by atoms with van der Waals surface area (Å²) in [5, 5.41) is 7.24. The summed E-state index contributed by atoms with van der Waals surface area (Å²) < 4.78 is 5.87. The smallest absolute Gasteiger partial charge is 0.170 e. The van der Waals surface area contributed by atoms with Crippen molar-refractivity contribution in [1.82, 2.24) is 10.2 Å². The fourth-order valence-corrected chi connectivity index (χ4v) is 2.95. The first-order chi connectivity index (χ1) is 11.1. The zero-order valence-corrected chi connectivity index (χ0v) is 15.1. The Hall–Kier alpha value is -1.17. The average Bonchev–Trinajstić information content (AvgIpc) is 3.05. The lowest BCUT2D eigenvalue weighted by Gasteiger charge is -2.28. The third-order valence-corrected chi connectivity index (χ3v) is 4.19. The normalized spacial score (nSPS) is 16.5. The SMILES string of the molecule is CC(C)COCC(CNC(=S)Nc1ccccc1)N1CCCC1. The second-order valence-corrected chi connectivity index (χ2v) is 6.94. The van der Waals surface area contributed by atoms with Crippen molar-refractivity contribution in [2.24, 2.45) is 5.92 Å². The molecule has 1 fully saturated rings. The lowest BCUT2D eigenvalue weighted by atomic mass is 10.2. The molecule has 1 heterocycles. The first-order valence-electron chi connectivity index (χ1n) is 8.57. The highest BCUT2D eigenvalue weighted by Crippen LogP contribution is 2.12. The van der Waals surface area contributed by atoms with Crippen LogP contribution in [0.3, 0.4) is 0 Å². The number of nitrogens with one attached hydrogen (secondary N) is 2. The van der Waals surface area contributed by atoms with Gasteiger partial charge < -0.3 is 15.4 Å². The molecule has 0 radical (unpaired) electrons. The molecule has 1 aliphatic heterocycles. The molecule has 1 aliphatic rings. The van der Waals surface area contributed by atoms with E-state index in [2.05, 4.69) is 29.4 Å². The Bertz CT molecular complexity index is 461. The largest absolute Gasteiger partial charge is 0.379 e. The molecule has 0 aliphatic carbocycles. The Morgan fingerprint density at radius 1 is 1.17 bits per heavy atom. The van der Waals surface area contributed by atoms with Gasteiger partial charge in [0.1, 0.15) is 0 Å². The van der Waals surface area contributed by atoms with Crippen LogP contribution in [-0.2, 0) is 4.74 Å². The van der Waals surface area contributed by atoms with Crippen molar-refractivity contribution in [3.8, 4) is 0 Å². The van der Waals surface area contributed by atoms with E-state index in [1.165, 1.54) is 12.8 Å². The van der Waals surface area contributed by atoms with Gasteiger partial charge in [0.05, 0.1) is 12.6 Å². The summed E-state index contributed by atoms with van der Waals surface area (Å²) in [5.41, 5.74) is 1.01. The lowest BCUT2D eigenvalue weighted by molar-refractivity contribution is 0.0562. The quantitative estimate of drug-likeness (QED) is 0.714. The van der Waals surface area contributed by atoms with Gasteiger partial charge in [-0.2, -0.15) is 0 Å². The van der Waals surface area contributed by atoms with E-state index < -0.39 is 0 Å². The Labute approximate surface area is 145 Å². The molecule has 5 heteroatoms. The summed E-state index contributed by atoms with van der Waals surface area (Å²) in [6.07, 6.45) is 2.57. The minimum Gasteiger partial charge on any atom is -0.379 e. The summed E-state index contributed by atoms with van der Waals surface area (Å²) in [5.74, 6) is 0.572. The van der Waals surface area contributed by atoms with Crippen molar-refractivity contribution in [3.63, 3.8) is 0 Å². The Balaban J connectivity index is 1.78. The minimum absolute atomic E-state index is 0.381. The van der Waals surface area contributed by atoms with Crippen molar-refractivity contribution < 1.29 is 4.74 Å². The zero-order valence-electron chi connectivity index (χ0n) is 14.3. The lowest BCUT2D eigenvalue weighted by Crippen LogP contribution is -2.46. The molecule has 0 saturated carbocycles. The monoisotopic (exact) mass is 335 g/mol. The number of thiocarbonyl (C=S) groups is 1. The second kappa shape index (κ2) is 9.85. The van der Waals surface area contributed by atoms with Gasteiger partial charge in [-0.3, -0.25) is 4.90 Å². The maximum absolute atomic E-state index is 5.87. The first-order valence-corrected chi connectivity index (χ1v) is 8.97. The molecular weight excluding hydrogens is 306 g/mol. The van der Waals surface area contributed by atoms with E-state index in [9.17, 15) is 0 Å². The topological polar surface area (TPSA) is 36.5 Å². The molecule has 1 aromatic rings. The van der Waals surface area contributed by atoms with Crippen LogP contribution in [0.2, 0.25) is 0 Å². The number of nitrogens with zero attached hydrogens (tertiary/aromatic N) is 1. The molecule has 128 valence electrons. The van der Waals surface area contributed by atoms with E-state index in [-0.39, 0.29) is 0 Å². The van der Waals surface area contributed by atoms with Crippen LogP contribution in [0.1, 0.15) is 26.7 Å². The van der Waals surface area contributed by atoms with Crippen LogP contribution in [-0.4, -0.2) is 48.9 Å². The van der Waals surface area contributed by atoms with Crippen LogP contribution in [0, 0.1) is 5.92 Å². The van der Waals surface area contributed by atoms with Crippen molar-refractivity contribution in [2.45, 2.75) is 32.7 Å². The Morgan fingerprint density at radius 3 is 2.52 bits per heavy atom. The van der Waals surface area contributed by atoms with Gasteiger partial charge in [0.15, 0.2) is 5.11 Å². The highest BCUT2D eigenvalue weighted by Gasteiger charge is 2.22. The Morgan fingerprint density at radius 2 is 1.87 bits per heavy atom. The molecule has 0 aromatic heterocycles. The van der Waals surface area contributed by atoms with Crippen LogP contribution in [0.4, 0.5) is 5.69 Å². The van der Waals surface area contributed by atoms with Crippen LogP contribution < -0.4 is 10.6 Å². The number of ether oxygens (including phenoxy) is 1. The summed E-state index contributed by atoms with van der Waals surface area (Å²) in [4.78, 5) is 2.51. The molecule has 1 saturated heterocycles. The van der Waals surface area contributed by atoms with Gasteiger partial charge in [-0.1, -0.05) is 32.0 Å². The fourth-order valence-electron chi connectivity index (χ4n) is 2.75. The van der Waals surface area contributed by atoms with Gasteiger partial charge in [-0.05, 0) is 56.2 Å². The maximum atomic E-state index is 5.87. The fraction of sp³-hybridized carbons (Fsp3) is 0.611. The van der Waals surface area contributed by atoms with Crippen LogP contribution >= 0.6 is 12.2 Å². The van der Waals surface area contributed by atoms with E-state index in [0.29, 0.717) is 17.1 Å². The summed E-state index contributed by atoms with van der Waals surface area (Å²) in [7, 11) is 0. The number of rotatable bonds is 8. The number of likely N-dealkylation sites (tertiary alicyclic amines) is 1. The number of hydrogen-bond acceptors (Lipinski definition) is 3. The van der Waals surface area contributed by atoms with E-state index in [1.54, 1.807) is 0 Å². The molecule has 1 aromatic carbocycles. The summed E-state index contributed by atoms with van der Waals surface area (Å²) >= 11 is 5.40. The maximum Gasteiger partial charge on any atom is 0.170 e. The third-order valence-electron chi connectivity index (χ3n) is 3.95. The first kappa shape index (κ1) is 18.2. The van der Waals surface area contributed by atoms with Gasteiger partial charge in [-0.15, -0.1) is 0 Å². The molecule has 23 heavy (non-hydrogen) atoms. The molecule has 2 N–H and O–H groups in total. The van der Waals surface area contributed by atoms with Crippen LogP contribution in [0.15, 0.2) is 30.3 Å². The van der Waals surface area contributed by atoms with Gasteiger partial charge in [-0.25, -0.2) is 0 Å². The minimum atomic E-state index is 0.381. The molecule has 0 amide bonds. The zero-order chi connectivity index (χ0) is 16.5. The number of para-hydroxylation sites is 1. The number of benzene rings is 1. The van der Waals surface area contributed by atoms with E-state index in [1.807, 2.05) is 30.3 Å². The molecular formula is C18H29N3OS. The number of anilines is 1. The van der Waals surface area contributed by atoms with E-state index in [4.69, 9.17) is 17.0 Å². The summed E-state index contributed by atoms with van der Waals surface area (Å²) in [6.45, 7) is 9.09. The van der Waals surface area contributed by atoms with Crippen molar-refractivity contribution in [3.05, 3.63) is 30.3 Å². The molecule has 2 rings (SSSR count). The predicted octanol–water partition coefficient (Wildman–Crippen LogP) is 3.11. The summed E-state index contributed by atoms with van der Waals surface area (Å²) in [6, 6.07) is 10.4. The molecule has 1 unspecified atom stereocenters. The van der Waals surface area contributed by atoms with Gasteiger partial charge in [0.2, 0.25) is 0 Å². The standard InChI is InChI=1S/C18H29N3OS/c1-15(2)13-22-14-17(21-10-6-7-11-21)12-19-18(23)20-16-8-4-3-5-9-16/h3-5,8-9,15,17H,6-7,10-14H2,1-2H3,(H2,19,20,23). The molecule has 4 nitrogen and oxygen atoms in total. The van der Waals surface area contributed by atoms with E-state index in [0.717, 1.165) is 38.5 Å². The Kier molecular flexibility index (Phi) is 7.79. The van der Waals surface area contributed by atoms with Crippen molar-refractivity contribution >= 4 is 23.0 Å². The van der Waals surface area contributed by atoms with Crippen LogP contribution in [0.25, 0.3) is 0 Å². The highest BCUT2D eigenvalue weighted by molar-refractivity contribution is 7.80. The van der Waals surface area contributed by atoms with Crippen LogP contribution in [0.5, 0.6) is 0 Å². The van der Waals surface area contributed by atoms with Gasteiger partial charge in [0, 0.05) is 18.8 Å². The van der Waals surface area contributed by atoms with Gasteiger partial charge >= 0.3 is 0 Å². The predicted molar refractivity (Wildman–Crippen MR) is 101 cm³/mol. The second-order valence-electron chi connectivity index (χ2n) is 6.53. The van der Waals surface area contributed by atoms with Gasteiger partial charge in [0.25, 0.3) is 0 Å². The highest BCUT2D eigenvalue weighted by atomic mass is 32.1. The van der Waals surface area contributed by atoms with Crippen molar-refractivity contribution in [2.75, 3.05) is 38.2 Å².